The molecule has 7 nitrogen and oxygen atoms in total. The van der Waals surface area contributed by atoms with Crippen LogP contribution in [0.5, 0.6) is 0 Å². The zero-order valence-electron chi connectivity index (χ0n) is 15.7. The number of hydrogen-bond donors (Lipinski definition) is 3. The summed E-state index contributed by atoms with van der Waals surface area (Å²) in [7, 11) is -3.46. The molecule has 1 saturated heterocycles. The van der Waals surface area contributed by atoms with Crippen molar-refractivity contribution in [2.75, 3.05) is 39.3 Å². The predicted molar refractivity (Wildman–Crippen MR) is 106 cm³/mol. The van der Waals surface area contributed by atoms with Gasteiger partial charge in [-0.3, -0.25) is 9.89 Å². The fraction of sp³-hybridized carbons (Fsp3) is 0.611. The highest BCUT2D eigenvalue weighted by molar-refractivity contribution is 7.89. The van der Waals surface area contributed by atoms with Crippen molar-refractivity contribution in [3.63, 3.8) is 0 Å². The molecule has 0 spiro atoms. The van der Waals surface area contributed by atoms with Crippen LogP contribution in [0.4, 0.5) is 0 Å². The standard InChI is InChI=1S/C18H31N5O2S/c1-3-19-18(21-15-16-9-8-14-23(16)4-2)20-12-13-22-26(24,25)17-10-6-5-7-11-17/h5-7,10-11,16,22H,3-4,8-9,12-15H2,1-2H3,(H2,19,20,21). The topological polar surface area (TPSA) is 85.8 Å². The van der Waals surface area contributed by atoms with Gasteiger partial charge in [0.25, 0.3) is 0 Å². The summed E-state index contributed by atoms with van der Waals surface area (Å²) in [5.74, 6) is 0.731. The maximum atomic E-state index is 12.2. The van der Waals surface area contributed by atoms with Crippen molar-refractivity contribution in [2.45, 2.75) is 37.6 Å². The fourth-order valence-electron chi connectivity index (χ4n) is 3.11. The Kier molecular flexibility index (Phi) is 8.34. The molecule has 146 valence electrons. The highest BCUT2D eigenvalue weighted by atomic mass is 32.2. The molecule has 3 N–H and O–H groups in total. The van der Waals surface area contributed by atoms with Crippen molar-refractivity contribution in [1.29, 1.82) is 0 Å². The predicted octanol–water partition coefficient (Wildman–Crippen LogP) is 1.00. The summed E-state index contributed by atoms with van der Waals surface area (Å²) in [4.78, 5) is 7.40. The molecule has 1 fully saturated rings. The SMILES string of the molecule is CCNC(=NCC1CCCN1CC)NCCNS(=O)(=O)c1ccccc1. The highest BCUT2D eigenvalue weighted by Gasteiger charge is 2.22. The summed E-state index contributed by atoms with van der Waals surface area (Å²) in [6.07, 6.45) is 2.42. The first-order valence-electron chi connectivity index (χ1n) is 9.37. The lowest BCUT2D eigenvalue weighted by molar-refractivity contribution is 0.273. The van der Waals surface area contributed by atoms with Gasteiger partial charge in [-0.25, -0.2) is 13.1 Å². The van der Waals surface area contributed by atoms with E-state index in [1.807, 2.05) is 6.92 Å². The molecule has 1 aromatic carbocycles. The van der Waals surface area contributed by atoms with Gasteiger partial charge in [0.15, 0.2) is 5.96 Å². The fourth-order valence-corrected chi connectivity index (χ4v) is 4.16. The van der Waals surface area contributed by atoms with Crippen LogP contribution in [-0.2, 0) is 10.0 Å². The van der Waals surface area contributed by atoms with Crippen LogP contribution in [-0.4, -0.2) is 64.6 Å². The van der Waals surface area contributed by atoms with Crippen LogP contribution in [0.3, 0.4) is 0 Å². The summed E-state index contributed by atoms with van der Waals surface area (Å²) in [6.45, 7) is 8.72. The molecule has 1 unspecified atom stereocenters. The van der Waals surface area contributed by atoms with Gasteiger partial charge in [0.2, 0.25) is 10.0 Å². The molecular weight excluding hydrogens is 350 g/mol. The van der Waals surface area contributed by atoms with Crippen LogP contribution in [0.1, 0.15) is 26.7 Å². The number of benzene rings is 1. The Morgan fingerprint density at radius 3 is 2.65 bits per heavy atom. The molecule has 8 heteroatoms. The Bertz CT molecular complexity index is 663. The Labute approximate surface area is 157 Å². The highest BCUT2D eigenvalue weighted by Crippen LogP contribution is 2.16. The molecule has 2 rings (SSSR count). The van der Waals surface area contributed by atoms with Crippen LogP contribution in [0.15, 0.2) is 40.2 Å². The number of nitrogens with one attached hydrogen (secondary N) is 3. The molecule has 1 aliphatic rings. The van der Waals surface area contributed by atoms with Crippen molar-refractivity contribution >= 4 is 16.0 Å². The summed E-state index contributed by atoms with van der Waals surface area (Å²) in [5, 5.41) is 6.41. The quantitative estimate of drug-likeness (QED) is 0.338. The smallest absolute Gasteiger partial charge is 0.240 e. The van der Waals surface area contributed by atoms with E-state index < -0.39 is 10.0 Å². The number of likely N-dealkylation sites (N-methyl/N-ethyl adjacent to an activating group) is 1. The van der Waals surface area contributed by atoms with Gasteiger partial charge < -0.3 is 10.6 Å². The summed E-state index contributed by atoms with van der Waals surface area (Å²) in [5.41, 5.74) is 0. The van der Waals surface area contributed by atoms with Crippen molar-refractivity contribution in [3.05, 3.63) is 30.3 Å². The average molecular weight is 382 g/mol. The molecule has 0 radical (unpaired) electrons. The third-order valence-electron chi connectivity index (χ3n) is 4.47. The molecule has 1 aliphatic heterocycles. The van der Waals surface area contributed by atoms with Crippen molar-refractivity contribution in [2.24, 2.45) is 4.99 Å². The summed E-state index contributed by atoms with van der Waals surface area (Å²) >= 11 is 0. The molecule has 1 heterocycles. The van der Waals surface area contributed by atoms with E-state index >= 15 is 0 Å². The number of hydrogen-bond acceptors (Lipinski definition) is 4. The third-order valence-corrected chi connectivity index (χ3v) is 5.95. The van der Waals surface area contributed by atoms with E-state index in [4.69, 9.17) is 0 Å². The Hall–Kier alpha value is -1.64. The second-order valence-corrected chi connectivity index (χ2v) is 8.05. The number of aliphatic imine (C=N–C) groups is 1. The van der Waals surface area contributed by atoms with E-state index in [0.717, 1.165) is 32.1 Å². The zero-order chi connectivity index (χ0) is 18.8. The zero-order valence-corrected chi connectivity index (χ0v) is 16.6. The van der Waals surface area contributed by atoms with Gasteiger partial charge in [-0.15, -0.1) is 0 Å². The number of likely N-dealkylation sites (tertiary alicyclic amines) is 1. The van der Waals surface area contributed by atoms with E-state index in [2.05, 4.69) is 32.2 Å². The number of nitrogens with zero attached hydrogens (tertiary/aromatic N) is 2. The summed E-state index contributed by atoms with van der Waals surface area (Å²) < 4.78 is 27.0. The minimum atomic E-state index is -3.46. The van der Waals surface area contributed by atoms with Gasteiger partial charge in [-0.2, -0.15) is 0 Å². The first-order valence-corrected chi connectivity index (χ1v) is 10.9. The second-order valence-electron chi connectivity index (χ2n) is 6.28. The Morgan fingerprint density at radius 1 is 1.19 bits per heavy atom. The van der Waals surface area contributed by atoms with E-state index in [9.17, 15) is 8.42 Å². The van der Waals surface area contributed by atoms with Crippen LogP contribution < -0.4 is 15.4 Å². The number of guanidine groups is 1. The molecule has 0 aromatic heterocycles. The minimum absolute atomic E-state index is 0.279. The van der Waals surface area contributed by atoms with E-state index in [-0.39, 0.29) is 4.90 Å². The van der Waals surface area contributed by atoms with Crippen molar-refractivity contribution < 1.29 is 8.42 Å². The van der Waals surface area contributed by atoms with E-state index in [1.54, 1.807) is 30.3 Å². The molecule has 0 saturated carbocycles. The lowest BCUT2D eigenvalue weighted by Gasteiger charge is -2.21. The van der Waals surface area contributed by atoms with E-state index in [0.29, 0.717) is 19.1 Å². The molecule has 1 aromatic rings. The van der Waals surface area contributed by atoms with Crippen LogP contribution in [0.25, 0.3) is 0 Å². The number of sulfonamides is 1. The molecular formula is C18H31N5O2S. The minimum Gasteiger partial charge on any atom is -0.357 e. The van der Waals surface area contributed by atoms with Gasteiger partial charge in [0.1, 0.15) is 0 Å². The lowest BCUT2D eigenvalue weighted by atomic mass is 10.2. The van der Waals surface area contributed by atoms with Crippen LogP contribution in [0.2, 0.25) is 0 Å². The first-order chi connectivity index (χ1) is 12.6. The summed E-state index contributed by atoms with van der Waals surface area (Å²) in [6, 6.07) is 8.90. The molecule has 26 heavy (non-hydrogen) atoms. The van der Waals surface area contributed by atoms with Gasteiger partial charge in [-0.05, 0) is 45.0 Å². The second kappa shape index (κ2) is 10.5. The van der Waals surface area contributed by atoms with Gasteiger partial charge in [0.05, 0.1) is 11.4 Å². The third kappa shape index (κ3) is 6.26. The molecule has 0 aliphatic carbocycles. The maximum absolute atomic E-state index is 12.2. The van der Waals surface area contributed by atoms with E-state index in [1.165, 1.54) is 12.8 Å². The van der Waals surface area contributed by atoms with Crippen molar-refractivity contribution in [1.82, 2.24) is 20.3 Å². The van der Waals surface area contributed by atoms with Gasteiger partial charge in [0, 0.05) is 25.7 Å². The lowest BCUT2D eigenvalue weighted by Crippen LogP contribution is -2.42. The first kappa shape index (κ1) is 20.7. The average Bonchev–Trinajstić information content (AvgIpc) is 3.11. The normalized spacial score (nSPS) is 18.8. The largest absolute Gasteiger partial charge is 0.357 e. The van der Waals surface area contributed by atoms with Gasteiger partial charge >= 0.3 is 0 Å². The molecule has 0 amide bonds. The molecule has 1 atom stereocenters. The Morgan fingerprint density at radius 2 is 1.96 bits per heavy atom. The maximum Gasteiger partial charge on any atom is 0.240 e. The number of rotatable bonds is 9. The molecule has 0 bridgehead atoms. The van der Waals surface area contributed by atoms with Gasteiger partial charge in [-0.1, -0.05) is 25.1 Å². The monoisotopic (exact) mass is 381 g/mol. The van der Waals surface area contributed by atoms with Crippen LogP contribution in [0, 0.1) is 0 Å². The van der Waals surface area contributed by atoms with Crippen LogP contribution >= 0.6 is 0 Å². The van der Waals surface area contributed by atoms with Crippen molar-refractivity contribution in [3.8, 4) is 0 Å². The Balaban J connectivity index is 1.80.